The van der Waals surface area contributed by atoms with Gasteiger partial charge in [-0.05, 0) is 36.5 Å². The van der Waals surface area contributed by atoms with Crippen LogP contribution in [0.2, 0.25) is 0 Å². The largest absolute Gasteiger partial charge is 0.508 e. The van der Waals surface area contributed by atoms with Crippen molar-refractivity contribution in [2.24, 2.45) is 0 Å². The van der Waals surface area contributed by atoms with E-state index in [1.54, 1.807) is 12.1 Å². The number of phenols is 2. The molecule has 20 heavy (non-hydrogen) atoms. The van der Waals surface area contributed by atoms with Crippen LogP contribution in [0, 0.1) is 0 Å². The molecular weight excluding hydrogens is 250 g/mol. The Morgan fingerprint density at radius 3 is 2.30 bits per heavy atom. The average molecular weight is 269 g/mol. The van der Waals surface area contributed by atoms with Crippen molar-refractivity contribution in [2.75, 3.05) is 18.0 Å². The monoisotopic (exact) mass is 269 g/mol. The first-order chi connectivity index (χ1) is 9.74. The van der Waals surface area contributed by atoms with Crippen LogP contribution in [0.4, 0.5) is 5.69 Å². The van der Waals surface area contributed by atoms with Crippen LogP contribution in [0.15, 0.2) is 48.5 Å². The summed E-state index contributed by atoms with van der Waals surface area (Å²) >= 11 is 0. The van der Waals surface area contributed by atoms with Gasteiger partial charge in [0.15, 0.2) is 0 Å². The molecule has 1 aliphatic heterocycles. The molecule has 0 atom stereocenters. The first kappa shape index (κ1) is 12.9. The third-order valence-corrected chi connectivity index (χ3v) is 4.07. The van der Waals surface area contributed by atoms with E-state index in [9.17, 15) is 10.2 Å². The lowest BCUT2D eigenvalue weighted by atomic mass is 9.89. The smallest absolute Gasteiger partial charge is 0.139 e. The standard InChI is InChI=1S/C17H19NO2/c19-15-6-7-17(20)16(12-15)18-10-8-14(9-11-18)13-4-2-1-3-5-13/h1-7,12,14,19-20H,8-11H2. The molecule has 0 aromatic heterocycles. The van der Waals surface area contributed by atoms with Crippen LogP contribution in [-0.2, 0) is 0 Å². The van der Waals surface area contributed by atoms with Crippen molar-refractivity contribution in [3.8, 4) is 11.5 Å². The molecule has 0 amide bonds. The first-order valence-electron chi connectivity index (χ1n) is 7.06. The van der Waals surface area contributed by atoms with Crippen molar-refractivity contribution in [3.63, 3.8) is 0 Å². The Morgan fingerprint density at radius 2 is 1.60 bits per heavy atom. The zero-order valence-electron chi connectivity index (χ0n) is 11.4. The first-order valence-corrected chi connectivity index (χ1v) is 7.06. The summed E-state index contributed by atoms with van der Waals surface area (Å²) in [6.45, 7) is 1.80. The van der Waals surface area contributed by atoms with E-state index in [1.807, 2.05) is 6.07 Å². The zero-order valence-corrected chi connectivity index (χ0v) is 11.4. The second-order valence-corrected chi connectivity index (χ2v) is 5.35. The highest BCUT2D eigenvalue weighted by Crippen LogP contribution is 2.35. The van der Waals surface area contributed by atoms with Crippen molar-refractivity contribution in [1.82, 2.24) is 0 Å². The van der Waals surface area contributed by atoms with Gasteiger partial charge in [-0.15, -0.1) is 0 Å². The third-order valence-electron chi connectivity index (χ3n) is 4.07. The highest BCUT2D eigenvalue weighted by molar-refractivity contribution is 5.61. The number of hydrogen-bond acceptors (Lipinski definition) is 3. The molecular formula is C17H19NO2. The van der Waals surface area contributed by atoms with Crippen LogP contribution in [0.5, 0.6) is 11.5 Å². The lowest BCUT2D eigenvalue weighted by Gasteiger charge is -2.34. The lowest BCUT2D eigenvalue weighted by Crippen LogP contribution is -2.32. The van der Waals surface area contributed by atoms with Crippen molar-refractivity contribution in [2.45, 2.75) is 18.8 Å². The van der Waals surface area contributed by atoms with E-state index in [0.29, 0.717) is 5.92 Å². The van der Waals surface area contributed by atoms with E-state index in [1.165, 1.54) is 11.6 Å². The highest BCUT2D eigenvalue weighted by atomic mass is 16.3. The van der Waals surface area contributed by atoms with Crippen LogP contribution >= 0.6 is 0 Å². The Kier molecular flexibility index (Phi) is 3.50. The Balaban J connectivity index is 1.71. The van der Waals surface area contributed by atoms with E-state index >= 15 is 0 Å². The molecule has 1 heterocycles. The van der Waals surface area contributed by atoms with Gasteiger partial charge in [0.2, 0.25) is 0 Å². The van der Waals surface area contributed by atoms with Gasteiger partial charge in [0.25, 0.3) is 0 Å². The molecule has 0 aliphatic carbocycles. The fourth-order valence-electron chi connectivity index (χ4n) is 2.94. The Labute approximate surface area is 119 Å². The second kappa shape index (κ2) is 5.45. The summed E-state index contributed by atoms with van der Waals surface area (Å²) in [7, 11) is 0. The Bertz CT molecular complexity index is 575. The number of rotatable bonds is 2. The normalized spacial score (nSPS) is 16.3. The molecule has 3 heteroatoms. The number of piperidine rings is 1. The molecule has 3 rings (SSSR count). The molecule has 0 unspecified atom stereocenters. The molecule has 0 saturated carbocycles. The van der Waals surface area contributed by atoms with E-state index < -0.39 is 0 Å². The summed E-state index contributed by atoms with van der Waals surface area (Å²) in [6, 6.07) is 15.3. The van der Waals surface area contributed by atoms with Crippen molar-refractivity contribution >= 4 is 5.69 Å². The third kappa shape index (κ3) is 2.57. The maximum absolute atomic E-state index is 9.92. The minimum absolute atomic E-state index is 0.197. The highest BCUT2D eigenvalue weighted by Gasteiger charge is 2.22. The maximum atomic E-state index is 9.92. The van der Waals surface area contributed by atoms with Crippen LogP contribution in [0.3, 0.4) is 0 Å². The second-order valence-electron chi connectivity index (χ2n) is 5.35. The van der Waals surface area contributed by atoms with Crippen molar-refractivity contribution in [3.05, 3.63) is 54.1 Å². The summed E-state index contributed by atoms with van der Waals surface area (Å²) in [4.78, 5) is 2.15. The van der Waals surface area contributed by atoms with Crippen LogP contribution in [0.1, 0.15) is 24.3 Å². The fraction of sp³-hybridized carbons (Fsp3) is 0.294. The SMILES string of the molecule is Oc1ccc(O)c(N2CCC(c3ccccc3)CC2)c1. The molecule has 0 radical (unpaired) electrons. The summed E-state index contributed by atoms with van der Waals surface area (Å²) in [5, 5.41) is 19.5. The van der Waals surface area contributed by atoms with Crippen LogP contribution in [-0.4, -0.2) is 23.3 Å². The molecule has 1 aliphatic rings. The van der Waals surface area contributed by atoms with E-state index in [-0.39, 0.29) is 11.5 Å². The van der Waals surface area contributed by atoms with Crippen molar-refractivity contribution in [1.29, 1.82) is 0 Å². The van der Waals surface area contributed by atoms with Crippen molar-refractivity contribution < 1.29 is 10.2 Å². The van der Waals surface area contributed by atoms with Gasteiger partial charge < -0.3 is 15.1 Å². The van der Waals surface area contributed by atoms with Gasteiger partial charge in [-0.3, -0.25) is 0 Å². The molecule has 3 nitrogen and oxygen atoms in total. The van der Waals surface area contributed by atoms with Gasteiger partial charge in [0.05, 0.1) is 5.69 Å². The molecule has 1 saturated heterocycles. The zero-order chi connectivity index (χ0) is 13.9. The van der Waals surface area contributed by atoms with Crippen LogP contribution in [0.25, 0.3) is 0 Å². The molecule has 2 aromatic rings. The summed E-state index contributed by atoms with van der Waals surface area (Å²) in [5.74, 6) is 1.02. The quantitative estimate of drug-likeness (QED) is 0.820. The number of anilines is 1. The molecule has 0 spiro atoms. The van der Waals surface area contributed by atoms with Gasteiger partial charge in [-0.1, -0.05) is 30.3 Å². The number of phenolic OH excluding ortho intramolecular Hbond substituents is 2. The van der Waals surface area contributed by atoms with Gasteiger partial charge in [-0.2, -0.15) is 0 Å². The molecule has 0 bridgehead atoms. The van der Waals surface area contributed by atoms with E-state index in [4.69, 9.17) is 0 Å². The summed E-state index contributed by atoms with van der Waals surface area (Å²) < 4.78 is 0. The molecule has 104 valence electrons. The van der Waals surface area contributed by atoms with Gasteiger partial charge >= 0.3 is 0 Å². The minimum Gasteiger partial charge on any atom is -0.508 e. The fourth-order valence-corrected chi connectivity index (χ4v) is 2.94. The number of nitrogens with zero attached hydrogens (tertiary/aromatic N) is 1. The number of hydrogen-bond donors (Lipinski definition) is 2. The number of aromatic hydroxyl groups is 2. The summed E-state index contributed by atoms with van der Waals surface area (Å²) in [5.41, 5.74) is 2.13. The molecule has 1 fully saturated rings. The predicted molar refractivity (Wildman–Crippen MR) is 80.4 cm³/mol. The number of benzene rings is 2. The van der Waals surface area contributed by atoms with Gasteiger partial charge in [0.1, 0.15) is 11.5 Å². The average Bonchev–Trinajstić information content (AvgIpc) is 2.51. The van der Waals surface area contributed by atoms with Gasteiger partial charge in [0, 0.05) is 19.2 Å². The van der Waals surface area contributed by atoms with Gasteiger partial charge in [-0.25, -0.2) is 0 Å². The topological polar surface area (TPSA) is 43.7 Å². The van der Waals surface area contributed by atoms with E-state index in [2.05, 4.69) is 29.2 Å². The Morgan fingerprint density at radius 1 is 0.900 bits per heavy atom. The predicted octanol–water partition coefficient (Wildman–Crippen LogP) is 3.48. The Hall–Kier alpha value is -2.16. The van der Waals surface area contributed by atoms with Crippen LogP contribution < -0.4 is 4.90 Å². The minimum atomic E-state index is 0.197. The molecule has 2 aromatic carbocycles. The maximum Gasteiger partial charge on any atom is 0.139 e. The van der Waals surface area contributed by atoms with E-state index in [0.717, 1.165) is 31.6 Å². The summed E-state index contributed by atoms with van der Waals surface area (Å²) in [6.07, 6.45) is 2.14. The lowest BCUT2D eigenvalue weighted by molar-refractivity contribution is 0.451. The molecule has 2 N–H and O–H groups in total.